The molecule has 0 aliphatic heterocycles. The molecule has 5 heteroatoms. The number of thiophene rings is 1. The smallest absolute Gasteiger partial charge is 0.387 e. The second-order valence-corrected chi connectivity index (χ2v) is 5.53. The quantitative estimate of drug-likeness (QED) is 0.862. The topological polar surface area (TPSA) is 21.3 Å². The number of nitrogens with one attached hydrogen (secondary N) is 1. The van der Waals surface area contributed by atoms with Crippen molar-refractivity contribution in [2.45, 2.75) is 26.0 Å². The maximum atomic E-state index is 12.3. The number of hydrogen-bond acceptors (Lipinski definition) is 3. The second kappa shape index (κ2) is 6.81. The van der Waals surface area contributed by atoms with Gasteiger partial charge in [-0.25, -0.2) is 0 Å². The highest BCUT2D eigenvalue weighted by molar-refractivity contribution is 7.12. The Morgan fingerprint density at radius 1 is 1.25 bits per heavy atom. The molecule has 1 heterocycles. The highest BCUT2D eigenvalue weighted by atomic mass is 32.1. The van der Waals surface area contributed by atoms with E-state index in [1.165, 1.54) is 15.8 Å². The zero-order chi connectivity index (χ0) is 14.5. The first-order valence-electron chi connectivity index (χ1n) is 6.44. The maximum absolute atomic E-state index is 12.3. The Morgan fingerprint density at radius 3 is 2.65 bits per heavy atom. The normalized spacial score (nSPS) is 12.7. The van der Waals surface area contributed by atoms with Crippen molar-refractivity contribution in [3.8, 4) is 5.75 Å². The van der Waals surface area contributed by atoms with Crippen molar-refractivity contribution in [1.29, 1.82) is 0 Å². The molecule has 1 atom stereocenters. The van der Waals surface area contributed by atoms with Crippen molar-refractivity contribution in [3.63, 3.8) is 0 Å². The lowest BCUT2D eigenvalue weighted by Gasteiger charge is -2.16. The SMILES string of the molecule is CCc1ccc(C(NC)c2cccc(OC(F)F)c2)s1. The molecule has 2 rings (SSSR count). The number of ether oxygens (including phenoxy) is 1. The minimum atomic E-state index is -2.80. The van der Waals surface area contributed by atoms with Crippen LogP contribution in [0.3, 0.4) is 0 Å². The molecule has 1 unspecified atom stereocenters. The fraction of sp³-hybridized carbons (Fsp3) is 0.333. The van der Waals surface area contributed by atoms with E-state index in [9.17, 15) is 8.78 Å². The van der Waals surface area contributed by atoms with Crippen molar-refractivity contribution >= 4 is 11.3 Å². The summed E-state index contributed by atoms with van der Waals surface area (Å²) in [4.78, 5) is 2.47. The third-order valence-electron chi connectivity index (χ3n) is 3.02. The van der Waals surface area contributed by atoms with Gasteiger partial charge in [0.25, 0.3) is 0 Å². The highest BCUT2D eigenvalue weighted by Gasteiger charge is 2.15. The fourth-order valence-corrected chi connectivity index (χ4v) is 3.17. The van der Waals surface area contributed by atoms with Gasteiger partial charge >= 0.3 is 6.61 Å². The van der Waals surface area contributed by atoms with Gasteiger partial charge < -0.3 is 10.1 Å². The van der Waals surface area contributed by atoms with Crippen LogP contribution in [0.4, 0.5) is 8.78 Å². The summed E-state index contributed by atoms with van der Waals surface area (Å²) in [5.41, 5.74) is 0.912. The molecule has 108 valence electrons. The van der Waals surface area contributed by atoms with E-state index in [0.29, 0.717) is 0 Å². The molecular formula is C15H17F2NOS. The Hall–Kier alpha value is -1.46. The lowest BCUT2D eigenvalue weighted by atomic mass is 10.1. The van der Waals surface area contributed by atoms with Gasteiger partial charge in [-0.05, 0) is 43.3 Å². The third-order valence-corrected chi connectivity index (χ3v) is 4.32. The molecule has 0 saturated carbocycles. The average Bonchev–Trinajstić information content (AvgIpc) is 2.88. The predicted molar refractivity (Wildman–Crippen MR) is 77.7 cm³/mol. The van der Waals surface area contributed by atoms with Crippen LogP contribution in [0.1, 0.15) is 28.3 Å². The summed E-state index contributed by atoms with van der Waals surface area (Å²) < 4.78 is 29.0. The first kappa shape index (κ1) is 14.9. The second-order valence-electron chi connectivity index (χ2n) is 4.33. The average molecular weight is 297 g/mol. The van der Waals surface area contributed by atoms with Gasteiger partial charge in [0.05, 0.1) is 6.04 Å². The highest BCUT2D eigenvalue weighted by Crippen LogP contribution is 2.30. The first-order valence-corrected chi connectivity index (χ1v) is 7.26. The number of rotatable bonds is 6. The molecule has 2 aromatic rings. The van der Waals surface area contributed by atoms with E-state index >= 15 is 0 Å². The van der Waals surface area contributed by atoms with E-state index in [4.69, 9.17) is 0 Å². The number of halogens is 2. The van der Waals surface area contributed by atoms with Crippen LogP contribution < -0.4 is 10.1 Å². The summed E-state index contributed by atoms with van der Waals surface area (Å²) in [7, 11) is 1.86. The molecule has 1 aromatic heterocycles. The lowest BCUT2D eigenvalue weighted by Crippen LogP contribution is -2.16. The Labute approximate surface area is 121 Å². The summed E-state index contributed by atoms with van der Waals surface area (Å²) in [6.07, 6.45) is 0.996. The Morgan fingerprint density at radius 2 is 2.05 bits per heavy atom. The standard InChI is InChI=1S/C15H17F2NOS/c1-3-12-7-8-13(20-12)14(18-2)10-5-4-6-11(9-10)19-15(16)17/h4-9,14-15,18H,3H2,1-2H3. The molecule has 0 saturated heterocycles. The molecule has 0 aliphatic carbocycles. The Bertz CT molecular complexity index is 556. The summed E-state index contributed by atoms with van der Waals surface area (Å²) in [6.45, 7) is -0.687. The zero-order valence-corrected chi connectivity index (χ0v) is 12.2. The molecule has 1 N–H and O–H groups in total. The molecule has 1 aromatic carbocycles. The first-order chi connectivity index (χ1) is 9.63. The third kappa shape index (κ3) is 3.55. The minimum absolute atomic E-state index is 0.0125. The van der Waals surface area contributed by atoms with Crippen molar-refractivity contribution in [2.75, 3.05) is 7.05 Å². The molecule has 0 bridgehead atoms. The summed E-state index contributed by atoms with van der Waals surface area (Å²) >= 11 is 1.73. The van der Waals surface area contributed by atoms with Crippen molar-refractivity contribution in [3.05, 3.63) is 51.7 Å². The van der Waals surface area contributed by atoms with Crippen LogP contribution in [0.2, 0.25) is 0 Å². The van der Waals surface area contributed by atoms with Gasteiger partial charge in [0, 0.05) is 9.75 Å². The molecular weight excluding hydrogens is 280 g/mol. The largest absolute Gasteiger partial charge is 0.435 e. The van der Waals surface area contributed by atoms with Gasteiger partial charge in [-0.15, -0.1) is 11.3 Å². The molecule has 2 nitrogen and oxygen atoms in total. The number of alkyl halides is 2. The van der Waals surface area contributed by atoms with E-state index < -0.39 is 6.61 Å². The molecule has 20 heavy (non-hydrogen) atoms. The van der Waals surface area contributed by atoms with Gasteiger partial charge in [0.2, 0.25) is 0 Å². The molecule has 0 spiro atoms. The monoisotopic (exact) mass is 297 g/mol. The van der Waals surface area contributed by atoms with E-state index in [2.05, 4.69) is 29.1 Å². The van der Waals surface area contributed by atoms with Gasteiger partial charge in [-0.1, -0.05) is 19.1 Å². The van der Waals surface area contributed by atoms with Crippen molar-refractivity contribution in [1.82, 2.24) is 5.32 Å². The Kier molecular flexibility index (Phi) is 5.09. The van der Waals surface area contributed by atoms with E-state index in [-0.39, 0.29) is 11.8 Å². The van der Waals surface area contributed by atoms with E-state index in [1.807, 2.05) is 13.1 Å². The number of aryl methyl sites for hydroxylation is 1. The minimum Gasteiger partial charge on any atom is -0.435 e. The molecule has 0 aliphatic rings. The Balaban J connectivity index is 2.26. The van der Waals surface area contributed by atoms with Crippen molar-refractivity contribution in [2.24, 2.45) is 0 Å². The van der Waals surface area contributed by atoms with Crippen LogP contribution in [0.15, 0.2) is 36.4 Å². The van der Waals surface area contributed by atoms with Crippen molar-refractivity contribution < 1.29 is 13.5 Å². The molecule has 0 radical (unpaired) electrons. The predicted octanol–water partition coefficient (Wildman–Crippen LogP) is 4.22. The van der Waals surface area contributed by atoms with E-state index in [1.54, 1.807) is 23.5 Å². The van der Waals surface area contributed by atoms with Gasteiger partial charge in [-0.2, -0.15) is 8.78 Å². The van der Waals surface area contributed by atoms with E-state index in [0.717, 1.165) is 12.0 Å². The molecule has 0 fully saturated rings. The van der Waals surface area contributed by atoms with Gasteiger partial charge in [0.15, 0.2) is 0 Å². The van der Waals surface area contributed by atoms with Crippen LogP contribution in [0, 0.1) is 0 Å². The van der Waals surface area contributed by atoms with Gasteiger partial charge in [-0.3, -0.25) is 0 Å². The lowest BCUT2D eigenvalue weighted by molar-refractivity contribution is -0.0498. The zero-order valence-electron chi connectivity index (χ0n) is 11.4. The fourth-order valence-electron chi connectivity index (χ4n) is 2.08. The number of benzene rings is 1. The number of hydrogen-bond donors (Lipinski definition) is 1. The summed E-state index contributed by atoms with van der Waals surface area (Å²) in [6, 6.07) is 11.0. The summed E-state index contributed by atoms with van der Waals surface area (Å²) in [5, 5.41) is 3.22. The van der Waals surface area contributed by atoms with Crippen LogP contribution in [-0.2, 0) is 6.42 Å². The van der Waals surface area contributed by atoms with Crippen LogP contribution >= 0.6 is 11.3 Å². The van der Waals surface area contributed by atoms with Crippen LogP contribution in [0.25, 0.3) is 0 Å². The van der Waals surface area contributed by atoms with Crippen LogP contribution in [-0.4, -0.2) is 13.7 Å². The van der Waals surface area contributed by atoms with Crippen LogP contribution in [0.5, 0.6) is 5.75 Å². The molecule has 0 amide bonds. The maximum Gasteiger partial charge on any atom is 0.387 e. The summed E-state index contributed by atoms with van der Waals surface area (Å²) in [5.74, 6) is 0.185. The van der Waals surface area contributed by atoms with Gasteiger partial charge in [0.1, 0.15) is 5.75 Å².